The van der Waals surface area contributed by atoms with Gasteiger partial charge < -0.3 is 36.2 Å². The molecule has 2 heterocycles. The molecular weight excluding hydrogens is 372 g/mol. The number of nitrogens with one attached hydrogen (secondary N) is 1. The smallest absolute Gasteiger partial charge is 0.326 e. The van der Waals surface area contributed by atoms with E-state index in [0.29, 0.717) is 32.2 Å². The molecule has 2 rings (SSSR count). The number of aliphatic carboxylic acids is 1. The lowest BCUT2D eigenvalue weighted by atomic mass is 10.1. The molecule has 0 spiro atoms. The van der Waals surface area contributed by atoms with Crippen molar-refractivity contribution in [3.8, 4) is 0 Å². The molecule has 6 N–H and O–H groups in total. The largest absolute Gasteiger partial charge is 0.480 e. The molecule has 0 aromatic carbocycles. The Bertz CT molecular complexity index is 627. The van der Waals surface area contributed by atoms with Crippen LogP contribution in [-0.4, -0.2) is 98.8 Å². The van der Waals surface area contributed by atoms with Gasteiger partial charge in [0.2, 0.25) is 17.7 Å². The van der Waals surface area contributed by atoms with Crippen molar-refractivity contribution in [2.45, 2.75) is 62.9 Å². The summed E-state index contributed by atoms with van der Waals surface area (Å²) in [6.45, 7) is 1.21. The van der Waals surface area contributed by atoms with Crippen LogP contribution in [0.15, 0.2) is 0 Å². The van der Waals surface area contributed by atoms with Gasteiger partial charge in [0.1, 0.15) is 24.2 Å². The Labute approximate surface area is 162 Å². The van der Waals surface area contributed by atoms with E-state index in [0.717, 1.165) is 4.90 Å². The molecular formula is C17H28N4O7. The molecule has 0 aromatic heterocycles. The molecule has 0 aromatic rings. The van der Waals surface area contributed by atoms with Gasteiger partial charge in [0, 0.05) is 13.1 Å². The van der Waals surface area contributed by atoms with Gasteiger partial charge in [-0.15, -0.1) is 0 Å². The molecule has 5 unspecified atom stereocenters. The zero-order valence-electron chi connectivity index (χ0n) is 15.8. The molecule has 158 valence electrons. The zero-order valence-corrected chi connectivity index (χ0v) is 15.8. The van der Waals surface area contributed by atoms with E-state index in [2.05, 4.69) is 5.32 Å². The van der Waals surface area contributed by atoms with E-state index in [4.69, 9.17) is 5.73 Å². The maximum atomic E-state index is 12.7. The molecule has 0 aliphatic carbocycles. The van der Waals surface area contributed by atoms with Crippen LogP contribution in [0, 0.1) is 0 Å². The summed E-state index contributed by atoms with van der Waals surface area (Å²) in [6, 6.07) is -4.31. The van der Waals surface area contributed by atoms with Crippen LogP contribution in [-0.2, 0) is 19.2 Å². The van der Waals surface area contributed by atoms with Gasteiger partial charge in [-0.3, -0.25) is 14.4 Å². The summed E-state index contributed by atoms with van der Waals surface area (Å²) in [5.41, 5.74) is 5.67. The lowest BCUT2D eigenvalue weighted by Gasteiger charge is -2.30. The number of rotatable bonds is 7. The average Bonchev–Trinajstić information content (AvgIpc) is 3.33. The number of nitrogens with two attached hydrogens (primary N) is 1. The van der Waals surface area contributed by atoms with Crippen LogP contribution in [0.1, 0.15) is 32.6 Å². The van der Waals surface area contributed by atoms with E-state index in [-0.39, 0.29) is 6.54 Å². The minimum Gasteiger partial charge on any atom is -0.480 e. The minimum atomic E-state index is -1.30. The van der Waals surface area contributed by atoms with Crippen LogP contribution in [0.3, 0.4) is 0 Å². The van der Waals surface area contributed by atoms with Gasteiger partial charge in [-0.2, -0.15) is 0 Å². The first-order valence-corrected chi connectivity index (χ1v) is 9.37. The van der Waals surface area contributed by atoms with Crippen molar-refractivity contribution in [1.29, 1.82) is 0 Å². The van der Waals surface area contributed by atoms with Crippen LogP contribution in [0.5, 0.6) is 0 Å². The highest BCUT2D eigenvalue weighted by atomic mass is 16.4. The normalized spacial score (nSPS) is 25.3. The second kappa shape index (κ2) is 9.30. The third-order valence-corrected chi connectivity index (χ3v) is 5.26. The number of aliphatic hydroxyl groups excluding tert-OH is 2. The van der Waals surface area contributed by atoms with E-state index < -0.39 is 60.6 Å². The fourth-order valence-corrected chi connectivity index (χ4v) is 3.64. The van der Waals surface area contributed by atoms with Crippen LogP contribution < -0.4 is 11.1 Å². The van der Waals surface area contributed by atoms with Gasteiger partial charge in [-0.1, -0.05) is 0 Å². The number of carboxylic acid groups (broad SMARTS) is 1. The van der Waals surface area contributed by atoms with Gasteiger partial charge in [0.15, 0.2) is 0 Å². The lowest BCUT2D eigenvalue weighted by molar-refractivity contribution is -0.150. The van der Waals surface area contributed by atoms with Crippen molar-refractivity contribution in [2.24, 2.45) is 5.73 Å². The number of carbonyl (C=O) groups is 4. The number of amides is 3. The third-order valence-electron chi connectivity index (χ3n) is 5.26. The van der Waals surface area contributed by atoms with Gasteiger partial charge in [-0.25, -0.2) is 4.79 Å². The Hall–Kier alpha value is -2.24. The summed E-state index contributed by atoms with van der Waals surface area (Å²) in [5, 5.41) is 30.7. The second-order valence-corrected chi connectivity index (χ2v) is 7.23. The van der Waals surface area contributed by atoms with Gasteiger partial charge in [0.05, 0.1) is 12.7 Å². The minimum absolute atomic E-state index is 0.236. The van der Waals surface area contributed by atoms with Crippen LogP contribution in [0.2, 0.25) is 0 Å². The fourth-order valence-electron chi connectivity index (χ4n) is 3.64. The van der Waals surface area contributed by atoms with Crippen molar-refractivity contribution in [2.75, 3.05) is 19.7 Å². The lowest BCUT2D eigenvalue weighted by Crippen LogP contribution is -2.58. The monoisotopic (exact) mass is 400 g/mol. The Kier molecular flexibility index (Phi) is 7.33. The molecule has 28 heavy (non-hydrogen) atoms. The molecule has 2 aliphatic heterocycles. The summed E-state index contributed by atoms with van der Waals surface area (Å²) >= 11 is 0. The Morgan fingerprint density at radius 2 is 1.61 bits per heavy atom. The molecule has 0 saturated carbocycles. The van der Waals surface area contributed by atoms with E-state index >= 15 is 0 Å². The van der Waals surface area contributed by atoms with E-state index in [1.54, 1.807) is 0 Å². The average molecular weight is 400 g/mol. The SMILES string of the molecule is CC(O)C(N)C(=O)N1CCCC1C(=O)NC(CO)C(=O)N1CCCC1C(=O)O. The molecule has 11 nitrogen and oxygen atoms in total. The number of hydrogen-bond acceptors (Lipinski definition) is 7. The topological polar surface area (TPSA) is 174 Å². The first kappa shape index (κ1) is 22.1. The van der Waals surface area contributed by atoms with Crippen molar-refractivity contribution in [1.82, 2.24) is 15.1 Å². The molecule has 2 aliphatic rings. The van der Waals surface area contributed by atoms with Crippen LogP contribution in [0.4, 0.5) is 0 Å². The molecule has 0 bridgehead atoms. The van der Waals surface area contributed by atoms with E-state index in [1.807, 2.05) is 0 Å². The van der Waals surface area contributed by atoms with Gasteiger partial charge in [0.25, 0.3) is 0 Å². The number of hydrogen-bond donors (Lipinski definition) is 5. The Balaban J connectivity index is 2.05. The summed E-state index contributed by atoms with van der Waals surface area (Å²) in [7, 11) is 0. The molecule has 3 amide bonds. The number of likely N-dealkylation sites (tertiary alicyclic amines) is 2. The number of carboxylic acids is 1. The first-order chi connectivity index (χ1) is 13.2. The maximum absolute atomic E-state index is 12.7. The Morgan fingerprint density at radius 3 is 2.11 bits per heavy atom. The van der Waals surface area contributed by atoms with Gasteiger partial charge in [-0.05, 0) is 32.6 Å². The van der Waals surface area contributed by atoms with Crippen LogP contribution in [0.25, 0.3) is 0 Å². The third kappa shape index (κ3) is 4.59. The zero-order chi connectivity index (χ0) is 21.0. The molecule has 2 fully saturated rings. The number of nitrogens with zero attached hydrogens (tertiary/aromatic N) is 2. The maximum Gasteiger partial charge on any atom is 0.326 e. The highest BCUT2D eigenvalue weighted by Gasteiger charge is 2.41. The second-order valence-electron chi connectivity index (χ2n) is 7.23. The highest BCUT2D eigenvalue weighted by Crippen LogP contribution is 2.21. The predicted molar refractivity (Wildman–Crippen MR) is 95.8 cm³/mol. The number of carbonyl (C=O) groups excluding carboxylic acids is 3. The number of aliphatic hydroxyl groups is 2. The van der Waals surface area contributed by atoms with E-state index in [1.165, 1.54) is 11.8 Å². The predicted octanol–water partition coefficient (Wildman–Crippen LogP) is -2.76. The summed E-state index contributed by atoms with van der Waals surface area (Å²) in [4.78, 5) is 51.3. The molecule has 0 radical (unpaired) electrons. The quantitative estimate of drug-likeness (QED) is 0.305. The van der Waals surface area contributed by atoms with Crippen molar-refractivity contribution in [3.05, 3.63) is 0 Å². The highest BCUT2D eigenvalue weighted by molar-refractivity contribution is 5.94. The summed E-state index contributed by atoms with van der Waals surface area (Å²) < 4.78 is 0. The summed E-state index contributed by atoms with van der Waals surface area (Å²) in [6.07, 6.45) is 0.678. The first-order valence-electron chi connectivity index (χ1n) is 9.37. The molecule has 5 atom stereocenters. The van der Waals surface area contributed by atoms with E-state index in [9.17, 15) is 34.5 Å². The fraction of sp³-hybridized carbons (Fsp3) is 0.765. The Morgan fingerprint density at radius 1 is 1.07 bits per heavy atom. The standard InChI is InChI=1S/C17H28N4O7/c1-9(23)13(18)16(26)20-6-2-4-11(20)14(24)19-10(8-22)15(25)21-7-3-5-12(21)17(27)28/h9-13,22-23H,2-8,18H2,1H3,(H,19,24)(H,27,28). The molecule has 2 saturated heterocycles. The molecule has 11 heteroatoms. The van der Waals surface area contributed by atoms with Crippen LogP contribution >= 0.6 is 0 Å². The van der Waals surface area contributed by atoms with Gasteiger partial charge >= 0.3 is 5.97 Å². The summed E-state index contributed by atoms with van der Waals surface area (Å²) in [5.74, 6) is -2.99. The van der Waals surface area contributed by atoms with Crippen molar-refractivity contribution < 1.29 is 34.5 Å². The van der Waals surface area contributed by atoms with Crippen molar-refractivity contribution in [3.63, 3.8) is 0 Å². The van der Waals surface area contributed by atoms with Crippen molar-refractivity contribution >= 4 is 23.7 Å².